The summed E-state index contributed by atoms with van der Waals surface area (Å²) in [6, 6.07) is 10.3. The number of ether oxygens (including phenoxy) is 1. The first-order valence-electron chi connectivity index (χ1n) is 8.77. The smallest absolute Gasteiger partial charge is 0.127 e. The fraction of sp³-hybridized carbons (Fsp3) is 0.667. The van der Waals surface area contributed by atoms with Gasteiger partial charge in [0.05, 0.1) is 19.8 Å². The van der Waals surface area contributed by atoms with Crippen LogP contribution in [0.2, 0.25) is 0 Å². The van der Waals surface area contributed by atoms with Gasteiger partial charge in [0.2, 0.25) is 0 Å². The van der Waals surface area contributed by atoms with Crippen molar-refractivity contribution in [3.8, 4) is 0 Å². The molecule has 1 aromatic carbocycles. The van der Waals surface area contributed by atoms with Gasteiger partial charge in [-0.3, -0.25) is 0 Å². The number of piperazine rings is 1. The summed E-state index contributed by atoms with van der Waals surface area (Å²) in [6.07, 6.45) is -0.396. The van der Waals surface area contributed by atoms with Gasteiger partial charge in [0.25, 0.3) is 0 Å². The van der Waals surface area contributed by atoms with E-state index in [1.54, 1.807) is 0 Å². The Labute approximate surface area is 139 Å². The topological polar surface area (TPSA) is 58.6 Å². The lowest BCUT2D eigenvalue weighted by atomic mass is 10.0. The molecule has 4 N–H and O–H groups in total. The maximum absolute atomic E-state index is 10.2. The van der Waals surface area contributed by atoms with Crippen molar-refractivity contribution in [3.05, 3.63) is 35.9 Å². The maximum atomic E-state index is 10.2. The molecule has 0 aliphatic carbocycles. The minimum absolute atomic E-state index is 0.265. The Morgan fingerprint density at radius 3 is 2.35 bits per heavy atom. The fourth-order valence-corrected chi connectivity index (χ4v) is 3.22. The lowest BCUT2D eigenvalue weighted by molar-refractivity contribution is -1.01. The molecule has 1 aliphatic rings. The second kappa shape index (κ2) is 10.0. The summed E-state index contributed by atoms with van der Waals surface area (Å²) in [7, 11) is 0. The number of nitrogens with one attached hydrogen (secondary N) is 2. The van der Waals surface area contributed by atoms with E-state index in [0.717, 1.165) is 39.3 Å². The number of hydrogen-bond acceptors (Lipinski definition) is 3. The van der Waals surface area contributed by atoms with E-state index in [1.165, 1.54) is 15.4 Å². The van der Waals surface area contributed by atoms with E-state index >= 15 is 0 Å². The Morgan fingerprint density at radius 1 is 1.04 bits per heavy atom. The Kier molecular flexibility index (Phi) is 7.99. The van der Waals surface area contributed by atoms with Crippen LogP contribution in [-0.2, 0) is 4.74 Å². The summed E-state index contributed by atoms with van der Waals surface area (Å²) in [5.74, 6) is 0.348. The van der Waals surface area contributed by atoms with Crippen molar-refractivity contribution in [2.24, 2.45) is 0 Å². The average Bonchev–Trinajstić information content (AvgIpc) is 2.57. The highest BCUT2D eigenvalue weighted by molar-refractivity contribution is 5.18. The van der Waals surface area contributed by atoms with Gasteiger partial charge in [0, 0.05) is 5.92 Å². The summed E-state index contributed by atoms with van der Waals surface area (Å²) in [6.45, 7) is 9.35. The number of benzene rings is 1. The summed E-state index contributed by atoms with van der Waals surface area (Å²) < 4.78 is 5.71. The SMILES string of the molecule is C[C@H](COC[C@H](O)C[NH+]1CC[NH+](CCO)CC1)c1ccccc1. The second-order valence-electron chi connectivity index (χ2n) is 6.68. The molecule has 0 amide bonds. The number of aliphatic hydroxyl groups is 2. The van der Waals surface area contributed by atoms with Crippen LogP contribution in [0.1, 0.15) is 18.4 Å². The summed E-state index contributed by atoms with van der Waals surface area (Å²) in [4.78, 5) is 2.91. The Balaban J connectivity index is 1.59. The van der Waals surface area contributed by atoms with Gasteiger partial charge in [0.1, 0.15) is 45.4 Å². The molecule has 2 rings (SSSR count). The van der Waals surface area contributed by atoms with E-state index in [-0.39, 0.29) is 6.61 Å². The lowest BCUT2D eigenvalue weighted by Crippen LogP contribution is -3.28. The third-order valence-electron chi connectivity index (χ3n) is 4.70. The Morgan fingerprint density at radius 2 is 1.70 bits per heavy atom. The van der Waals surface area contributed by atoms with Gasteiger partial charge in [-0.1, -0.05) is 37.3 Å². The molecule has 5 heteroatoms. The first-order valence-corrected chi connectivity index (χ1v) is 8.77. The first-order chi connectivity index (χ1) is 11.2. The normalized spacial score (nSPS) is 24.3. The van der Waals surface area contributed by atoms with Crippen molar-refractivity contribution in [2.75, 3.05) is 59.1 Å². The van der Waals surface area contributed by atoms with Crippen LogP contribution in [0.3, 0.4) is 0 Å². The van der Waals surface area contributed by atoms with E-state index < -0.39 is 6.10 Å². The van der Waals surface area contributed by atoms with Crippen molar-refractivity contribution < 1.29 is 24.7 Å². The summed E-state index contributed by atoms with van der Waals surface area (Å²) >= 11 is 0. The molecule has 0 saturated carbocycles. The summed E-state index contributed by atoms with van der Waals surface area (Å²) in [5.41, 5.74) is 1.27. The molecule has 0 bridgehead atoms. The standard InChI is InChI=1S/C18H30N2O3/c1-16(17-5-3-2-4-6-17)14-23-15-18(22)13-20-9-7-19(8-10-20)11-12-21/h2-6,16,18,21-22H,7-15H2,1H3/p+2/t16-,18-/m1/s1. The van der Waals surface area contributed by atoms with Crippen LogP contribution in [0.15, 0.2) is 30.3 Å². The highest BCUT2D eigenvalue weighted by Gasteiger charge is 2.24. The van der Waals surface area contributed by atoms with E-state index in [2.05, 4.69) is 19.1 Å². The minimum Gasteiger partial charge on any atom is -0.391 e. The van der Waals surface area contributed by atoms with Gasteiger partial charge in [-0.15, -0.1) is 0 Å². The van der Waals surface area contributed by atoms with Crippen LogP contribution in [-0.4, -0.2) is 75.4 Å². The molecule has 1 aromatic rings. The van der Waals surface area contributed by atoms with Crippen molar-refractivity contribution in [2.45, 2.75) is 18.9 Å². The maximum Gasteiger partial charge on any atom is 0.127 e. The van der Waals surface area contributed by atoms with Crippen LogP contribution >= 0.6 is 0 Å². The third-order valence-corrected chi connectivity index (χ3v) is 4.70. The number of aliphatic hydroxyl groups excluding tert-OH is 2. The molecule has 2 atom stereocenters. The van der Waals surface area contributed by atoms with Crippen molar-refractivity contribution >= 4 is 0 Å². The van der Waals surface area contributed by atoms with Crippen molar-refractivity contribution in [1.82, 2.24) is 0 Å². The molecule has 130 valence electrons. The molecule has 0 aromatic heterocycles. The number of quaternary nitrogens is 2. The second-order valence-corrected chi connectivity index (χ2v) is 6.68. The predicted molar refractivity (Wildman–Crippen MR) is 89.9 cm³/mol. The quantitative estimate of drug-likeness (QED) is 0.423. The molecule has 5 nitrogen and oxygen atoms in total. The molecule has 1 aliphatic heterocycles. The highest BCUT2D eigenvalue weighted by Crippen LogP contribution is 2.14. The molecule has 1 fully saturated rings. The number of rotatable bonds is 9. The molecular formula is C18H32N2O3+2. The van der Waals surface area contributed by atoms with E-state index in [9.17, 15) is 5.11 Å². The van der Waals surface area contributed by atoms with Crippen LogP contribution in [0.25, 0.3) is 0 Å². The molecule has 1 heterocycles. The van der Waals surface area contributed by atoms with Crippen molar-refractivity contribution in [1.29, 1.82) is 0 Å². The van der Waals surface area contributed by atoms with Crippen LogP contribution in [0, 0.1) is 0 Å². The van der Waals surface area contributed by atoms with Gasteiger partial charge in [-0.25, -0.2) is 0 Å². The molecule has 0 unspecified atom stereocenters. The molecule has 23 heavy (non-hydrogen) atoms. The minimum atomic E-state index is -0.396. The van der Waals surface area contributed by atoms with Crippen LogP contribution < -0.4 is 9.80 Å². The van der Waals surface area contributed by atoms with Gasteiger partial charge in [-0.2, -0.15) is 0 Å². The van der Waals surface area contributed by atoms with Gasteiger partial charge in [-0.05, 0) is 5.56 Å². The van der Waals surface area contributed by atoms with E-state index in [0.29, 0.717) is 19.1 Å². The Hall–Kier alpha value is -0.980. The fourth-order valence-electron chi connectivity index (χ4n) is 3.22. The lowest BCUT2D eigenvalue weighted by Gasteiger charge is -2.30. The zero-order chi connectivity index (χ0) is 16.5. The first kappa shape index (κ1) is 18.4. The monoisotopic (exact) mass is 324 g/mol. The van der Waals surface area contributed by atoms with Gasteiger partial charge >= 0.3 is 0 Å². The molecule has 1 saturated heterocycles. The van der Waals surface area contributed by atoms with Gasteiger partial charge < -0.3 is 24.7 Å². The van der Waals surface area contributed by atoms with E-state index in [4.69, 9.17) is 9.84 Å². The third kappa shape index (κ3) is 6.57. The zero-order valence-corrected chi connectivity index (χ0v) is 14.2. The van der Waals surface area contributed by atoms with Crippen LogP contribution in [0.5, 0.6) is 0 Å². The summed E-state index contributed by atoms with van der Waals surface area (Å²) in [5, 5.41) is 19.1. The molecular weight excluding hydrogens is 292 g/mol. The molecule has 0 spiro atoms. The van der Waals surface area contributed by atoms with Crippen molar-refractivity contribution in [3.63, 3.8) is 0 Å². The van der Waals surface area contributed by atoms with Crippen LogP contribution in [0.4, 0.5) is 0 Å². The molecule has 0 radical (unpaired) electrons. The largest absolute Gasteiger partial charge is 0.391 e. The zero-order valence-electron chi connectivity index (χ0n) is 14.2. The predicted octanol–water partition coefficient (Wildman–Crippen LogP) is -2.06. The van der Waals surface area contributed by atoms with E-state index in [1.807, 2.05) is 18.2 Å². The Bertz CT molecular complexity index is 422. The average molecular weight is 324 g/mol. The number of hydrogen-bond donors (Lipinski definition) is 4. The highest BCUT2D eigenvalue weighted by atomic mass is 16.5. The van der Waals surface area contributed by atoms with Gasteiger partial charge in [0.15, 0.2) is 0 Å².